The van der Waals surface area contributed by atoms with Gasteiger partial charge in [-0.05, 0) is 48.0 Å². The minimum Gasteiger partial charge on any atom is -0.497 e. The summed E-state index contributed by atoms with van der Waals surface area (Å²) in [6.45, 7) is 0.146. The third-order valence-electron chi connectivity index (χ3n) is 3.68. The molecular weight excluding hydrogens is 338 g/mol. The lowest BCUT2D eigenvalue weighted by Crippen LogP contribution is -2.38. The first-order valence-corrected chi connectivity index (χ1v) is 7.68. The number of nitrogens with one attached hydrogen (secondary N) is 2. The van der Waals surface area contributed by atoms with Gasteiger partial charge in [-0.25, -0.2) is 5.84 Å². The average molecular weight is 355 g/mol. The summed E-state index contributed by atoms with van der Waals surface area (Å²) in [5, 5.41) is 2.55. The van der Waals surface area contributed by atoms with Crippen molar-refractivity contribution in [2.24, 2.45) is 5.84 Å². The van der Waals surface area contributed by atoms with Crippen molar-refractivity contribution in [1.29, 1.82) is 0 Å². The van der Waals surface area contributed by atoms with Gasteiger partial charge >= 0.3 is 0 Å². The number of benzene rings is 2. The van der Waals surface area contributed by atoms with Gasteiger partial charge in [0.2, 0.25) is 6.79 Å². The van der Waals surface area contributed by atoms with Gasteiger partial charge in [0, 0.05) is 5.56 Å². The van der Waals surface area contributed by atoms with Crippen molar-refractivity contribution in [3.63, 3.8) is 0 Å². The summed E-state index contributed by atoms with van der Waals surface area (Å²) in [4.78, 5) is 24.4. The van der Waals surface area contributed by atoms with Gasteiger partial charge in [0.25, 0.3) is 11.8 Å². The molecule has 0 unspecified atom stereocenters. The molecule has 0 spiro atoms. The van der Waals surface area contributed by atoms with E-state index < -0.39 is 11.8 Å². The zero-order valence-corrected chi connectivity index (χ0v) is 13.9. The van der Waals surface area contributed by atoms with E-state index in [2.05, 4.69) is 5.32 Å². The smallest absolute Gasteiger partial charge is 0.281 e. The van der Waals surface area contributed by atoms with Gasteiger partial charge in [-0.15, -0.1) is 0 Å². The fourth-order valence-electron chi connectivity index (χ4n) is 2.34. The molecule has 2 amide bonds. The quantitative estimate of drug-likeness (QED) is 0.321. The molecule has 134 valence electrons. The normalized spacial score (nSPS) is 12.5. The Bertz CT molecular complexity index is 862. The number of fused-ring (bicyclic) bond motifs is 1. The first-order chi connectivity index (χ1) is 12.6. The van der Waals surface area contributed by atoms with E-state index >= 15 is 0 Å². The molecule has 1 aliphatic rings. The highest BCUT2D eigenvalue weighted by atomic mass is 16.7. The Morgan fingerprint density at radius 2 is 1.85 bits per heavy atom. The van der Waals surface area contributed by atoms with Crippen LogP contribution in [0.1, 0.15) is 15.9 Å². The summed E-state index contributed by atoms with van der Waals surface area (Å²) in [6, 6.07) is 11.6. The molecule has 1 aliphatic heterocycles. The lowest BCUT2D eigenvalue weighted by atomic mass is 10.1. The number of nitrogens with two attached hydrogens (primary N) is 1. The van der Waals surface area contributed by atoms with Crippen LogP contribution < -0.4 is 30.8 Å². The number of amides is 2. The predicted molar refractivity (Wildman–Crippen MR) is 93.3 cm³/mol. The van der Waals surface area contributed by atoms with Crippen LogP contribution >= 0.6 is 0 Å². The zero-order chi connectivity index (χ0) is 18.5. The second kappa shape index (κ2) is 7.58. The Morgan fingerprint density at radius 1 is 1.12 bits per heavy atom. The molecule has 3 rings (SSSR count). The van der Waals surface area contributed by atoms with Crippen LogP contribution in [-0.4, -0.2) is 25.7 Å². The van der Waals surface area contributed by atoms with Gasteiger partial charge in [0.15, 0.2) is 11.5 Å². The molecule has 8 nitrogen and oxygen atoms in total. The van der Waals surface area contributed by atoms with Gasteiger partial charge in [-0.2, -0.15) is 0 Å². The molecule has 0 fully saturated rings. The fraction of sp³-hybridized carbons (Fsp3) is 0.111. The summed E-state index contributed by atoms with van der Waals surface area (Å²) >= 11 is 0. The summed E-state index contributed by atoms with van der Waals surface area (Å²) in [5.41, 5.74) is 3.02. The SMILES string of the molecule is COc1ccc(C(=O)N/C(=C/c2ccc3c(c2)OCO3)C(=O)NN)cc1. The molecule has 0 aliphatic carbocycles. The molecule has 0 saturated carbocycles. The number of methoxy groups -OCH3 is 1. The number of carbonyl (C=O) groups excluding carboxylic acids is 2. The van der Waals surface area contributed by atoms with Crippen molar-refractivity contribution in [3.8, 4) is 17.2 Å². The summed E-state index contributed by atoms with van der Waals surface area (Å²) < 4.78 is 15.6. The van der Waals surface area contributed by atoms with Crippen molar-refractivity contribution in [1.82, 2.24) is 10.7 Å². The van der Waals surface area contributed by atoms with E-state index in [1.54, 1.807) is 42.5 Å². The van der Waals surface area contributed by atoms with Crippen LogP contribution in [0.2, 0.25) is 0 Å². The Hall–Kier alpha value is -3.52. The van der Waals surface area contributed by atoms with Crippen LogP contribution in [0.3, 0.4) is 0 Å². The zero-order valence-electron chi connectivity index (χ0n) is 13.9. The first kappa shape index (κ1) is 17.3. The highest BCUT2D eigenvalue weighted by molar-refractivity contribution is 6.05. The second-order valence-electron chi connectivity index (χ2n) is 5.33. The number of rotatable bonds is 5. The van der Waals surface area contributed by atoms with Crippen molar-refractivity contribution < 1.29 is 23.8 Å². The van der Waals surface area contributed by atoms with Gasteiger partial charge in [0.05, 0.1) is 7.11 Å². The third kappa shape index (κ3) is 3.76. The van der Waals surface area contributed by atoms with Crippen LogP contribution in [0.25, 0.3) is 6.08 Å². The topological polar surface area (TPSA) is 112 Å². The Kier molecular flexibility index (Phi) is 5.04. The van der Waals surface area contributed by atoms with Crippen molar-refractivity contribution >= 4 is 17.9 Å². The molecule has 2 aromatic rings. The van der Waals surface area contributed by atoms with Crippen molar-refractivity contribution in [2.75, 3.05) is 13.9 Å². The minimum absolute atomic E-state index is 0.00724. The highest BCUT2D eigenvalue weighted by Crippen LogP contribution is 2.33. The Morgan fingerprint density at radius 3 is 2.54 bits per heavy atom. The molecule has 0 bridgehead atoms. The van der Waals surface area contributed by atoms with Gasteiger partial charge < -0.3 is 19.5 Å². The van der Waals surface area contributed by atoms with Crippen LogP contribution in [0, 0.1) is 0 Å². The first-order valence-electron chi connectivity index (χ1n) is 7.68. The van der Waals surface area contributed by atoms with Gasteiger partial charge in [-0.3, -0.25) is 15.0 Å². The van der Waals surface area contributed by atoms with E-state index in [1.165, 1.54) is 13.2 Å². The van der Waals surface area contributed by atoms with E-state index in [0.717, 1.165) is 0 Å². The molecule has 8 heteroatoms. The van der Waals surface area contributed by atoms with E-state index in [9.17, 15) is 9.59 Å². The summed E-state index contributed by atoms with van der Waals surface area (Å²) in [5.74, 6) is 5.93. The molecule has 0 radical (unpaired) electrons. The number of carbonyl (C=O) groups is 2. The fourth-order valence-corrected chi connectivity index (χ4v) is 2.34. The third-order valence-corrected chi connectivity index (χ3v) is 3.68. The average Bonchev–Trinajstić information content (AvgIpc) is 3.14. The molecular formula is C18H17N3O5. The Balaban J connectivity index is 1.83. The predicted octanol–water partition coefficient (Wildman–Crippen LogP) is 1.18. The maximum absolute atomic E-state index is 12.4. The maximum Gasteiger partial charge on any atom is 0.281 e. The standard InChI is InChI=1S/C18H17N3O5/c1-24-13-5-3-12(4-6-13)17(22)20-14(18(23)21-19)8-11-2-7-15-16(9-11)26-10-25-15/h2-9H,10,19H2,1H3,(H,20,22)(H,21,23)/b14-8+. The van der Waals surface area contributed by atoms with E-state index in [4.69, 9.17) is 20.1 Å². The van der Waals surface area contributed by atoms with Crippen LogP contribution in [0.5, 0.6) is 17.2 Å². The van der Waals surface area contributed by atoms with Crippen molar-refractivity contribution in [3.05, 3.63) is 59.3 Å². The van der Waals surface area contributed by atoms with Crippen LogP contribution in [-0.2, 0) is 4.79 Å². The largest absolute Gasteiger partial charge is 0.497 e. The summed E-state index contributed by atoms with van der Waals surface area (Å²) in [7, 11) is 1.53. The molecule has 1 heterocycles. The number of hydrazine groups is 1. The Labute approximate surface area is 149 Å². The van der Waals surface area contributed by atoms with Crippen LogP contribution in [0.4, 0.5) is 0 Å². The lowest BCUT2D eigenvalue weighted by molar-refractivity contribution is -0.117. The molecule has 0 atom stereocenters. The number of ether oxygens (including phenoxy) is 3. The summed E-state index contributed by atoms with van der Waals surface area (Å²) in [6.07, 6.45) is 1.49. The van der Waals surface area contributed by atoms with Crippen molar-refractivity contribution in [2.45, 2.75) is 0 Å². The lowest BCUT2D eigenvalue weighted by Gasteiger charge is -2.09. The molecule has 0 saturated heterocycles. The van der Waals surface area contributed by atoms with Crippen LogP contribution in [0.15, 0.2) is 48.2 Å². The minimum atomic E-state index is -0.635. The van der Waals surface area contributed by atoms with E-state index in [-0.39, 0.29) is 12.5 Å². The number of hydrogen-bond donors (Lipinski definition) is 3. The molecule has 4 N–H and O–H groups in total. The maximum atomic E-state index is 12.4. The van der Waals surface area contributed by atoms with Gasteiger partial charge in [0.1, 0.15) is 11.4 Å². The second-order valence-corrected chi connectivity index (χ2v) is 5.33. The highest BCUT2D eigenvalue weighted by Gasteiger charge is 2.16. The van der Waals surface area contributed by atoms with E-state index in [1.807, 2.05) is 5.43 Å². The molecule has 26 heavy (non-hydrogen) atoms. The molecule has 2 aromatic carbocycles. The van der Waals surface area contributed by atoms with E-state index in [0.29, 0.717) is 28.4 Å². The van der Waals surface area contributed by atoms with Gasteiger partial charge in [-0.1, -0.05) is 6.07 Å². The molecule has 0 aromatic heterocycles. The number of hydrogen-bond acceptors (Lipinski definition) is 6. The monoisotopic (exact) mass is 355 g/mol.